The lowest BCUT2D eigenvalue weighted by Crippen LogP contribution is -1.99. The first kappa shape index (κ1) is 16.7. The van der Waals surface area contributed by atoms with Gasteiger partial charge in [-0.25, -0.2) is 9.97 Å². The molecule has 1 rings (SSSR count). The Morgan fingerprint density at radius 3 is 1.74 bits per heavy atom. The normalized spacial score (nSPS) is 8.84. The molecule has 19 heavy (non-hydrogen) atoms. The fraction of sp³-hybridized carbons (Fsp3) is 0.417. The Morgan fingerprint density at radius 2 is 1.53 bits per heavy atom. The second-order valence-corrected chi connectivity index (χ2v) is 3.50. The third kappa shape index (κ3) is 6.25. The van der Waals surface area contributed by atoms with Crippen molar-refractivity contribution in [3.8, 4) is 11.8 Å². The topological polar surface area (TPSA) is 95.5 Å². The molecule has 1 heterocycles. The summed E-state index contributed by atoms with van der Waals surface area (Å²) in [6.45, 7) is 2.81. The average Bonchev–Trinajstić information content (AvgIpc) is 2.36. The van der Waals surface area contributed by atoms with E-state index >= 15 is 0 Å². The third-order valence-corrected chi connectivity index (χ3v) is 1.81. The van der Waals surface area contributed by atoms with Gasteiger partial charge in [-0.15, -0.1) is 0 Å². The number of ether oxygens (including phenoxy) is 2. The number of aldehydes is 1. The molecule has 0 aliphatic rings. The van der Waals surface area contributed by atoms with E-state index in [4.69, 9.17) is 9.47 Å². The Kier molecular flexibility index (Phi) is 7.67. The lowest BCUT2D eigenvalue weighted by Gasteiger charge is -2.04. The Morgan fingerprint density at radius 1 is 1.11 bits per heavy atom. The van der Waals surface area contributed by atoms with Crippen molar-refractivity contribution in [2.24, 2.45) is 0 Å². The van der Waals surface area contributed by atoms with Crippen molar-refractivity contribution >= 4 is 17.9 Å². The number of nitrogens with zero attached hydrogens (tertiary/aromatic N) is 2. The van der Waals surface area contributed by atoms with E-state index in [0.717, 1.165) is 0 Å². The third-order valence-electron chi connectivity index (χ3n) is 1.81. The Labute approximate surface area is 111 Å². The molecule has 0 aliphatic heterocycles. The van der Waals surface area contributed by atoms with Crippen molar-refractivity contribution in [1.29, 1.82) is 0 Å². The summed E-state index contributed by atoms with van der Waals surface area (Å²) in [7, 11) is 2.85. The van der Waals surface area contributed by atoms with Crippen molar-refractivity contribution in [3.63, 3.8) is 0 Å². The smallest absolute Gasteiger partial charge is 0.230 e. The summed E-state index contributed by atoms with van der Waals surface area (Å²) in [6, 6.07) is 0. The minimum Gasteiger partial charge on any atom is -0.480 e. The Balaban J connectivity index is 0.000000399. The summed E-state index contributed by atoms with van der Waals surface area (Å²) in [5.74, 6) is 0.314. The van der Waals surface area contributed by atoms with Gasteiger partial charge in [0.25, 0.3) is 0 Å². The molecule has 0 amide bonds. The largest absolute Gasteiger partial charge is 0.480 e. The lowest BCUT2D eigenvalue weighted by molar-refractivity contribution is -0.124. The molecule has 7 heteroatoms. The molecule has 0 radical (unpaired) electrons. The molecule has 1 aromatic heterocycles. The van der Waals surface area contributed by atoms with E-state index in [0.29, 0.717) is 6.29 Å². The SMILES string of the molecule is CC(=O)CC(C)=O.COc1ncnc(OC)c1C=O. The van der Waals surface area contributed by atoms with Crippen LogP contribution in [-0.4, -0.2) is 42.0 Å². The van der Waals surface area contributed by atoms with Crippen LogP contribution in [0.2, 0.25) is 0 Å². The van der Waals surface area contributed by atoms with Crippen molar-refractivity contribution < 1.29 is 23.9 Å². The maximum atomic E-state index is 10.5. The zero-order valence-electron chi connectivity index (χ0n) is 11.3. The van der Waals surface area contributed by atoms with Crippen molar-refractivity contribution in [1.82, 2.24) is 9.97 Å². The van der Waals surface area contributed by atoms with Crippen LogP contribution in [0.4, 0.5) is 0 Å². The van der Waals surface area contributed by atoms with Gasteiger partial charge in [0.05, 0.1) is 20.6 Å². The van der Waals surface area contributed by atoms with Gasteiger partial charge in [-0.1, -0.05) is 0 Å². The maximum Gasteiger partial charge on any atom is 0.230 e. The highest BCUT2D eigenvalue weighted by Gasteiger charge is 2.10. The zero-order chi connectivity index (χ0) is 14.8. The van der Waals surface area contributed by atoms with Gasteiger partial charge in [-0.05, 0) is 13.8 Å². The second kappa shape index (κ2) is 8.73. The molecule has 0 N–H and O–H groups in total. The van der Waals surface area contributed by atoms with Gasteiger partial charge in [0.15, 0.2) is 6.29 Å². The number of rotatable bonds is 5. The minimum absolute atomic E-state index is 0.0625. The van der Waals surface area contributed by atoms with E-state index < -0.39 is 0 Å². The summed E-state index contributed by atoms with van der Waals surface area (Å²) in [4.78, 5) is 38.1. The first-order valence-corrected chi connectivity index (χ1v) is 5.33. The average molecular weight is 268 g/mol. The van der Waals surface area contributed by atoms with Crippen LogP contribution in [0, 0.1) is 0 Å². The Hall–Kier alpha value is -2.31. The monoisotopic (exact) mass is 268 g/mol. The van der Waals surface area contributed by atoms with Gasteiger partial charge in [-0.2, -0.15) is 0 Å². The molecular weight excluding hydrogens is 252 g/mol. The van der Waals surface area contributed by atoms with Crippen molar-refractivity contribution in [2.45, 2.75) is 20.3 Å². The number of methoxy groups -OCH3 is 2. The van der Waals surface area contributed by atoms with E-state index in [2.05, 4.69) is 9.97 Å². The van der Waals surface area contributed by atoms with E-state index in [1.165, 1.54) is 34.4 Å². The standard InChI is InChI=1S/C7H8N2O3.C5H8O2/c1-11-6-5(3-10)7(12-2)9-4-8-6;1-4(6)3-5(2)7/h3-4H,1-2H3;3H2,1-2H3. The molecule has 0 atom stereocenters. The summed E-state index contributed by atoms with van der Waals surface area (Å²) >= 11 is 0. The van der Waals surface area contributed by atoms with E-state index in [9.17, 15) is 14.4 Å². The molecule has 0 aliphatic carbocycles. The molecule has 0 spiro atoms. The van der Waals surface area contributed by atoms with Gasteiger partial charge in [-0.3, -0.25) is 14.4 Å². The van der Waals surface area contributed by atoms with Crippen LogP contribution in [0.3, 0.4) is 0 Å². The number of ketones is 2. The van der Waals surface area contributed by atoms with Crippen LogP contribution in [-0.2, 0) is 9.59 Å². The Bertz CT molecular complexity index is 425. The molecule has 0 fully saturated rings. The van der Waals surface area contributed by atoms with Gasteiger partial charge >= 0.3 is 0 Å². The minimum atomic E-state index is -0.0625. The molecular formula is C12H16N2O5. The van der Waals surface area contributed by atoms with Gasteiger partial charge in [0, 0.05) is 0 Å². The molecule has 0 saturated carbocycles. The molecule has 0 unspecified atom stereocenters. The summed E-state index contributed by atoms with van der Waals surface area (Å²) in [5.41, 5.74) is 0.225. The second-order valence-electron chi connectivity index (χ2n) is 3.50. The number of hydrogen-bond donors (Lipinski definition) is 0. The molecule has 0 bridgehead atoms. The van der Waals surface area contributed by atoms with Crippen LogP contribution in [0.25, 0.3) is 0 Å². The predicted octanol–water partition coefficient (Wildman–Crippen LogP) is 0.861. The van der Waals surface area contributed by atoms with Crippen LogP contribution < -0.4 is 9.47 Å². The predicted molar refractivity (Wildman–Crippen MR) is 66.5 cm³/mol. The molecule has 104 valence electrons. The molecule has 0 aromatic carbocycles. The fourth-order valence-electron chi connectivity index (χ4n) is 1.14. The molecule has 7 nitrogen and oxygen atoms in total. The number of Topliss-reactive ketones (excluding diaryl/α,β-unsaturated/α-hetero) is 2. The van der Waals surface area contributed by atoms with Gasteiger partial charge < -0.3 is 9.47 Å². The zero-order valence-corrected chi connectivity index (χ0v) is 11.3. The van der Waals surface area contributed by atoms with Crippen LogP contribution >= 0.6 is 0 Å². The molecule has 1 aromatic rings. The van der Waals surface area contributed by atoms with E-state index in [-0.39, 0.29) is 35.3 Å². The lowest BCUT2D eigenvalue weighted by atomic mass is 10.2. The molecule has 0 saturated heterocycles. The van der Waals surface area contributed by atoms with Crippen molar-refractivity contribution in [3.05, 3.63) is 11.9 Å². The van der Waals surface area contributed by atoms with Crippen molar-refractivity contribution in [2.75, 3.05) is 14.2 Å². The summed E-state index contributed by atoms with van der Waals surface area (Å²) in [6.07, 6.45) is 1.95. The number of carbonyl (C=O) groups excluding carboxylic acids is 3. The fourth-order valence-corrected chi connectivity index (χ4v) is 1.14. The highest BCUT2D eigenvalue weighted by Crippen LogP contribution is 2.20. The highest BCUT2D eigenvalue weighted by molar-refractivity contribution is 5.96. The van der Waals surface area contributed by atoms with E-state index in [1.54, 1.807) is 0 Å². The van der Waals surface area contributed by atoms with Crippen LogP contribution in [0.15, 0.2) is 6.33 Å². The van der Waals surface area contributed by atoms with Crippen LogP contribution in [0.5, 0.6) is 11.8 Å². The first-order chi connectivity index (χ1) is 8.96. The quantitative estimate of drug-likeness (QED) is 0.577. The maximum absolute atomic E-state index is 10.5. The highest BCUT2D eigenvalue weighted by atomic mass is 16.5. The first-order valence-electron chi connectivity index (χ1n) is 5.33. The summed E-state index contributed by atoms with van der Waals surface area (Å²) < 4.78 is 9.63. The summed E-state index contributed by atoms with van der Waals surface area (Å²) in [5, 5.41) is 0. The number of carbonyl (C=O) groups is 3. The van der Waals surface area contributed by atoms with Gasteiger partial charge in [0.1, 0.15) is 23.5 Å². The number of aromatic nitrogens is 2. The van der Waals surface area contributed by atoms with Gasteiger partial charge in [0.2, 0.25) is 11.8 Å². The van der Waals surface area contributed by atoms with E-state index in [1.807, 2.05) is 0 Å². The van der Waals surface area contributed by atoms with Crippen LogP contribution in [0.1, 0.15) is 30.6 Å². The number of hydrogen-bond acceptors (Lipinski definition) is 7.